The van der Waals surface area contributed by atoms with Crippen LogP contribution in [0.1, 0.15) is 34.7 Å². The molecule has 1 aliphatic heterocycles. The predicted molar refractivity (Wildman–Crippen MR) is 113 cm³/mol. The first-order valence-electron chi connectivity index (χ1n) is 9.64. The molecule has 0 N–H and O–H groups in total. The summed E-state index contributed by atoms with van der Waals surface area (Å²) in [7, 11) is 1.62. The van der Waals surface area contributed by atoms with Gasteiger partial charge in [-0.1, -0.05) is 36.0 Å². The van der Waals surface area contributed by atoms with Crippen molar-refractivity contribution < 1.29 is 18.7 Å². The van der Waals surface area contributed by atoms with Gasteiger partial charge in [0.05, 0.1) is 19.3 Å². The fraction of sp³-hybridized carbons (Fsp3) is 0.273. The number of Topliss-reactive ketones (excluding diaryl/α,β-unsaturated/α-hetero) is 1. The van der Waals surface area contributed by atoms with Crippen molar-refractivity contribution in [3.05, 3.63) is 65.5 Å². The van der Waals surface area contributed by atoms with Crippen molar-refractivity contribution in [1.82, 2.24) is 10.2 Å². The van der Waals surface area contributed by atoms with Crippen LogP contribution in [0.15, 0.2) is 58.2 Å². The van der Waals surface area contributed by atoms with Crippen molar-refractivity contribution in [2.24, 2.45) is 0 Å². The van der Waals surface area contributed by atoms with Crippen molar-refractivity contribution in [3.63, 3.8) is 0 Å². The van der Waals surface area contributed by atoms with E-state index in [0.29, 0.717) is 36.1 Å². The minimum absolute atomic E-state index is 0.0524. The molecule has 1 fully saturated rings. The number of anilines is 1. The number of carbonyl (C=O) groups excluding carboxylic acids is 2. The molecule has 0 aliphatic carbocycles. The molecule has 0 saturated carbocycles. The summed E-state index contributed by atoms with van der Waals surface area (Å²) in [5.74, 6) is 1.51. The maximum atomic E-state index is 12.6. The lowest BCUT2D eigenvalue weighted by Crippen LogP contribution is -2.23. The molecule has 2 heterocycles. The molecule has 1 saturated heterocycles. The third-order valence-corrected chi connectivity index (χ3v) is 5.66. The molecule has 0 unspecified atom stereocenters. The van der Waals surface area contributed by atoms with Gasteiger partial charge in [-0.3, -0.25) is 9.59 Å². The van der Waals surface area contributed by atoms with Crippen LogP contribution in [0.5, 0.6) is 5.75 Å². The average Bonchev–Trinajstić information content (AvgIpc) is 3.41. The Bertz CT molecular complexity index is 1050. The lowest BCUT2D eigenvalue weighted by atomic mass is 10.1. The number of hydrogen-bond donors (Lipinski definition) is 0. The predicted octanol–water partition coefficient (Wildman–Crippen LogP) is 3.77. The zero-order chi connectivity index (χ0) is 20.9. The van der Waals surface area contributed by atoms with E-state index in [0.717, 1.165) is 23.4 Å². The first kappa shape index (κ1) is 20.2. The second-order valence-corrected chi connectivity index (χ2v) is 7.82. The summed E-state index contributed by atoms with van der Waals surface area (Å²) in [4.78, 5) is 26.3. The topological polar surface area (TPSA) is 85.5 Å². The van der Waals surface area contributed by atoms with Crippen LogP contribution in [0, 0.1) is 0 Å². The molecule has 4 rings (SSSR count). The van der Waals surface area contributed by atoms with E-state index < -0.39 is 0 Å². The lowest BCUT2D eigenvalue weighted by Gasteiger charge is -2.16. The number of methoxy groups -OCH3 is 1. The summed E-state index contributed by atoms with van der Waals surface area (Å²) in [5, 5.41) is 8.43. The minimum atomic E-state index is -0.0524. The number of aromatic nitrogens is 2. The number of ketones is 1. The third kappa shape index (κ3) is 4.71. The fourth-order valence-electron chi connectivity index (χ4n) is 3.26. The normalized spacial score (nSPS) is 13.6. The largest absolute Gasteiger partial charge is 0.497 e. The number of ether oxygens (including phenoxy) is 1. The molecule has 1 aromatic heterocycles. The Balaban J connectivity index is 1.34. The number of thioether (sulfide) groups is 1. The number of benzene rings is 2. The van der Waals surface area contributed by atoms with E-state index in [1.807, 2.05) is 30.3 Å². The number of carbonyl (C=O) groups is 2. The first-order chi connectivity index (χ1) is 14.6. The molecule has 8 heteroatoms. The molecular weight excluding hydrogens is 402 g/mol. The van der Waals surface area contributed by atoms with Crippen molar-refractivity contribution >= 4 is 29.1 Å². The first-order valence-corrected chi connectivity index (χ1v) is 10.6. The molecule has 30 heavy (non-hydrogen) atoms. The number of nitrogens with zero attached hydrogens (tertiary/aromatic N) is 3. The number of hydrogen-bond acceptors (Lipinski definition) is 7. The monoisotopic (exact) mass is 423 g/mol. The average molecular weight is 423 g/mol. The Kier molecular flexibility index (Phi) is 6.13. The number of rotatable bonds is 8. The van der Waals surface area contributed by atoms with Gasteiger partial charge in [-0.15, -0.1) is 10.2 Å². The molecular formula is C22H21N3O4S. The quantitative estimate of drug-likeness (QED) is 0.403. The Morgan fingerprint density at radius 3 is 2.77 bits per heavy atom. The van der Waals surface area contributed by atoms with Gasteiger partial charge < -0.3 is 14.1 Å². The van der Waals surface area contributed by atoms with E-state index in [9.17, 15) is 9.59 Å². The zero-order valence-corrected chi connectivity index (χ0v) is 17.4. The van der Waals surface area contributed by atoms with Crippen LogP contribution in [-0.2, 0) is 11.2 Å². The molecule has 0 radical (unpaired) electrons. The highest BCUT2D eigenvalue weighted by molar-refractivity contribution is 7.99. The second-order valence-electron chi connectivity index (χ2n) is 6.90. The maximum Gasteiger partial charge on any atom is 0.277 e. The molecule has 7 nitrogen and oxygen atoms in total. The van der Waals surface area contributed by atoms with E-state index in [1.54, 1.807) is 30.2 Å². The van der Waals surface area contributed by atoms with Gasteiger partial charge in [0.15, 0.2) is 5.78 Å². The van der Waals surface area contributed by atoms with Crippen molar-refractivity contribution in [3.8, 4) is 5.75 Å². The lowest BCUT2D eigenvalue weighted by molar-refractivity contribution is -0.117. The molecule has 154 valence electrons. The van der Waals surface area contributed by atoms with Crippen LogP contribution < -0.4 is 9.64 Å². The van der Waals surface area contributed by atoms with Gasteiger partial charge in [0.25, 0.3) is 5.22 Å². The molecule has 2 aromatic carbocycles. The molecule has 1 amide bonds. The summed E-state index contributed by atoms with van der Waals surface area (Å²) >= 11 is 1.21. The molecule has 0 bridgehead atoms. The van der Waals surface area contributed by atoms with Gasteiger partial charge in [0, 0.05) is 24.2 Å². The van der Waals surface area contributed by atoms with E-state index in [2.05, 4.69) is 10.2 Å². The Hall–Kier alpha value is -3.13. The van der Waals surface area contributed by atoms with Gasteiger partial charge in [0.1, 0.15) is 5.75 Å². The van der Waals surface area contributed by atoms with E-state index in [-0.39, 0.29) is 17.4 Å². The SMILES string of the molecule is COc1ccc(Cc2nnc(SCC(=O)c3cccc(N4CCCC4=O)c3)o2)cc1. The van der Waals surface area contributed by atoms with E-state index >= 15 is 0 Å². The van der Waals surface area contributed by atoms with Crippen LogP contribution >= 0.6 is 11.8 Å². The highest BCUT2D eigenvalue weighted by Crippen LogP contribution is 2.24. The Morgan fingerprint density at radius 2 is 2.03 bits per heavy atom. The van der Waals surface area contributed by atoms with Crippen LogP contribution in [0.3, 0.4) is 0 Å². The molecule has 3 aromatic rings. The van der Waals surface area contributed by atoms with E-state index in [4.69, 9.17) is 9.15 Å². The molecule has 1 aliphatic rings. The third-order valence-electron chi connectivity index (χ3n) is 4.84. The van der Waals surface area contributed by atoms with Crippen LogP contribution in [-0.4, -0.2) is 41.3 Å². The van der Waals surface area contributed by atoms with Gasteiger partial charge in [-0.05, 0) is 36.2 Å². The molecule has 0 spiro atoms. The minimum Gasteiger partial charge on any atom is -0.497 e. The van der Waals surface area contributed by atoms with Gasteiger partial charge in [-0.25, -0.2) is 0 Å². The Morgan fingerprint density at radius 1 is 1.20 bits per heavy atom. The van der Waals surface area contributed by atoms with Crippen LogP contribution in [0.25, 0.3) is 0 Å². The van der Waals surface area contributed by atoms with E-state index in [1.165, 1.54) is 11.8 Å². The highest BCUT2D eigenvalue weighted by atomic mass is 32.2. The van der Waals surface area contributed by atoms with Crippen LogP contribution in [0.2, 0.25) is 0 Å². The van der Waals surface area contributed by atoms with Gasteiger partial charge in [-0.2, -0.15) is 0 Å². The highest BCUT2D eigenvalue weighted by Gasteiger charge is 2.22. The van der Waals surface area contributed by atoms with Crippen molar-refractivity contribution in [2.45, 2.75) is 24.5 Å². The summed E-state index contributed by atoms with van der Waals surface area (Å²) < 4.78 is 10.8. The van der Waals surface area contributed by atoms with Crippen LogP contribution in [0.4, 0.5) is 5.69 Å². The summed E-state index contributed by atoms with van der Waals surface area (Å²) in [6.07, 6.45) is 1.92. The molecule has 0 atom stereocenters. The summed E-state index contributed by atoms with van der Waals surface area (Å²) in [5.41, 5.74) is 2.37. The van der Waals surface area contributed by atoms with Crippen molar-refractivity contribution in [2.75, 3.05) is 24.3 Å². The summed E-state index contributed by atoms with van der Waals surface area (Å²) in [6, 6.07) is 14.8. The zero-order valence-electron chi connectivity index (χ0n) is 16.5. The second kappa shape index (κ2) is 9.13. The maximum absolute atomic E-state index is 12.6. The Labute approximate surface area is 178 Å². The number of amides is 1. The summed E-state index contributed by atoms with van der Waals surface area (Å²) in [6.45, 7) is 0.699. The standard InChI is InChI=1S/C22H21N3O4S/c1-28-18-9-7-15(8-10-18)12-20-23-24-22(29-20)30-14-19(26)16-4-2-5-17(13-16)25-11-3-6-21(25)27/h2,4-5,7-10,13H,3,6,11-12,14H2,1H3. The van der Waals surface area contributed by atoms with Crippen molar-refractivity contribution in [1.29, 1.82) is 0 Å². The van der Waals surface area contributed by atoms with Gasteiger partial charge >= 0.3 is 0 Å². The van der Waals surface area contributed by atoms with Gasteiger partial charge in [0.2, 0.25) is 11.8 Å². The fourth-order valence-corrected chi connectivity index (χ4v) is 3.94. The smallest absolute Gasteiger partial charge is 0.277 e.